The molecule has 0 unspecified atom stereocenters. The van der Waals surface area contributed by atoms with Crippen molar-refractivity contribution in [2.75, 3.05) is 0 Å². The van der Waals surface area contributed by atoms with Crippen LogP contribution in [0.1, 0.15) is 58.1 Å². The summed E-state index contributed by atoms with van der Waals surface area (Å²) in [7, 11) is 0. The van der Waals surface area contributed by atoms with E-state index in [2.05, 4.69) is 208 Å². The first kappa shape index (κ1) is 52.1. The minimum Gasteiger partial charge on any atom is -0.0757 e. The van der Waals surface area contributed by atoms with Gasteiger partial charge in [0.25, 0.3) is 0 Å². The second kappa shape index (κ2) is 14.8. The molecule has 0 saturated carbocycles. The van der Waals surface area contributed by atoms with Gasteiger partial charge >= 0.3 is 0 Å². The molecule has 0 fully saturated rings. The van der Waals surface area contributed by atoms with Crippen molar-refractivity contribution in [3.8, 4) is 11.1 Å². The molecule has 0 amide bonds. The van der Waals surface area contributed by atoms with Crippen LogP contribution in [0.4, 0.5) is 0 Å². The van der Waals surface area contributed by atoms with Gasteiger partial charge < -0.3 is 0 Å². The second-order valence-corrected chi connectivity index (χ2v) is 38.3. The molecule has 40 rings (SSSR count). The highest BCUT2D eigenvalue weighted by Crippen LogP contribution is 2.73. The summed E-state index contributed by atoms with van der Waals surface area (Å²) in [4.78, 5) is 0. The minimum atomic E-state index is 0.130. The molecule has 116 heavy (non-hydrogen) atoms. The molecule has 0 bridgehead atoms. The number of rotatable bonds is 0. The molecule has 508 valence electrons. The van der Waals surface area contributed by atoms with Crippen LogP contribution in [0.15, 0.2) is 182 Å². The van der Waals surface area contributed by atoms with Crippen LogP contribution < -0.4 is 10.4 Å². The summed E-state index contributed by atoms with van der Waals surface area (Å²) >= 11 is 0. The van der Waals surface area contributed by atoms with E-state index in [1.54, 1.807) is 54.9 Å². The quantitative estimate of drug-likeness (QED) is 0.105. The van der Waals surface area contributed by atoms with Gasteiger partial charge in [0.15, 0.2) is 0 Å². The number of fused-ring (bicyclic) bond motifs is 10. The van der Waals surface area contributed by atoms with Crippen LogP contribution in [0.5, 0.6) is 0 Å². The van der Waals surface area contributed by atoms with Crippen LogP contribution in [0, 0.1) is 13.8 Å². The predicted octanol–water partition coefficient (Wildman–Crippen LogP) is 31.2. The van der Waals surface area contributed by atoms with Crippen molar-refractivity contribution in [2.45, 2.75) is 38.5 Å². The Bertz CT molecular complexity index is 11600. The summed E-state index contributed by atoms with van der Waals surface area (Å²) in [5.74, 6) is 0.272. The standard InChI is InChI=1S/C116H44/c1-37-29-41-9-11-43-33-47-15-23-57-81-61-27-19-51-36-50-18-26-60-80-56-22-14-46-32-40-6-4-8-54-64-38(2)30-42-10-12-44-34-48-16-24-58-82-62-28-20-52-35-49-17-25-59-79-55-21-13-45-31-39-5-3-7-53-63(37)91-67(41)69(43)95-73(47)85(57)103(107-83(55)71(45)93(65(39)53)111(91)113(95)107)99(79)101(81)105-87(59)75(49)97-78(52)90(62)110-106(88(60)76(50)98-77(51)89(61)109(105)115(97)116(98)110)102(82)100(80)104-86(58)74(48)96-70(44)68(42)92(64)112-94(66(40)54)72(46)84(56)108(104)114(96)112/h3-23,25,27-36,58,60H,24,26H2,1-2H3/t58-,60-/m1/s1. The lowest BCUT2D eigenvalue weighted by molar-refractivity contribution is 0.845. The highest BCUT2D eigenvalue weighted by atomic mass is 14.5. The summed E-state index contributed by atoms with van der Waals surface area (Å²) in [6, 6.07) is 76.7. The molecule has 36 aromatic rings. The van der Waals surface area contributed by atoms with Crippen LogP contribution >= 0.6 is 0 Å². The largest absolute Gasteiger partial charge is 0.0757 e. The maximum absolute atomic E-state index is 2.76. The Labute approximate surface area is 649 Å². The third-order valence-corrected chi connectivity index (χ3v) is 34.7. The summed E-state index contributed by atoms with van der Waals surface area (Å²) in [6.07, 6.45) is 7.42. The fourth-order valence-corrected chi connectivity index (χ4v) is 32.0. The van der Waals surface area contributed by atoms with Gasteiger partial charge in [-0.3, -0.25) is 0 Å². The van der Waals surface area contributed by atoms with Crippen molar-refractivity contribution in [1.29, 1.82) is 0 Å². The van der Waals surface area contributed by atoms with Crippen molar-refractivity contribution >= 4 is 378 Å². The average Bonchev–Trinajstić information content (AvgIpc) is 0.623. The first-order valence-electron chi connectivity index (χ1n) is 42.5. The molecule has 4 aliphatic carbocycles. The van der Waals surface area contributed by atoms with Gasteiger partial charge in [0, 0.05) is 11.8 Å². The number of hydrogen-bond donors (Lipinski definition) is 0. The van der Waals surface area contributed by atoms with Gasteiger partial charge in [-0.2, -0.15) is 0 Å². The topological polar surface area (TPSA) is 0 Å². The highest BCUT2D eigenvalue weighted by molar-refractivity contribution is 6.70. The lowest BCUT2D eigenvalue weighted by Crippen LogP contribution is -2.25. The molecule has 0 aromatic heterocycles. The molecule has 2 atom stereocenters. The van der Waals surface area contributed by atoms with Gasteiger partial charge in [0.2, 0.25) is 0 Å². The monoisotopic (exact) mass is 1440 g/mol. The number of benzene rings is 36. The van der Waals surface area contributed by atoms with Crippen LogP contribution in [-0.4, -0.2) is 0 Å². The molecule has 0 heteroatoms. The molecule has 0 saturated heterocycles. The van der Waals surface area contributed by atoms with E-state index in [0.29, 0.717) is 0 Å². The zero-order valence-corrected chi connectivity index (χ0v) is 62.0. The van der Waals surface area contributed by atoms with Gasteiger partial charge in [0.1, 0.15) is 0 Å². The van der Waals surface area contributed by atoms with E-state index in [1.165, 1.54) is 366 Å². The van der Waals surface area contributed by atoms with E-state index in [4.69, 9.17) is 0 Å². The molecule has 0 N–H and O–H groups in total. The Morgan fingerprint density at radius 1 is 0.164 bits per heavy atom. The maximum Gasteiger partial charge on any atom is 0.0149 e. The molecular formula is C116H44. The van der Waals surface area contributed by atoms with Crippen molar-refractivity contribution < 1.29 is 0 Å². The van der Waals surface area contributed by atoms with Crippen LogP contribution in [0.25, 0.3) is 390 Å². The summed E-state index contributed by atoms with van der Waals surface area (Å²) in [5, 5.41) is 102. The summed E-state index contributed by atoms with van der Waals surface area (Å²) in [5.41, 5.74) is 12.3. The molecule has 0 heterocycles. The second-order valence-electron chi connectivity index (χ2n) is 38.3. The van der Waals surface area contributed by atoms with E-state index in [-0.39, 0.29) is 11.8 Å². The van der Waals surface area contributed by atoms with Crippen molar-refractivity contribution in [2.24, 2.45) is 0 Å². The number of hydrogen-bond acceptors (Lipinski definition) is 0. The predicted molar refractivity (Wildman–Crippen MR) is 501 cm³/mol. The van der Waals surface area contributed by atoms with Gasteiger partial charge in [-0.1, -0.05) is 158 Å². The Balaban J connectivity index is 0.777. The molecule has 0 nitrogen and oxygen atoms in total. The molecule has 4 aliphatic rings. The molecule has 0 aliphatic heterocycles. The van der Waals surface area contributed by atoms with E-state index < -0.39 is 0 Å². The first-order valence-corrected chi connectivity index (χ1v) is 42.5. The van der Waals surface area contributed by atoms with E-state index in [0.717, 1.165) is 12.8 Å². The SMILES string of the molecule is Cc1cc2ccc3cc4c5c6c7c8c(c9ccc%10cc%11cccc%12c1c1c2c3c5c2c7c9c%10c(c%11%12)c12)[C@H]1CC=c2cc3ccc5c7c9ccc%10cc%11ccc%12cc(C)c%13c%14cccc%15cc%16ccc%17c%18c%19ccc%20cc%21ccc%22c(c-8c8c1c2c1c3c5c2c(c%19c%20c3c%21c%22c8c1c32)c7c%18c1c9c%10c2c%11c%12c%13c3c(c%15%14)c%16c%17c1c23)[C@H]6CC=4. The molecule has 0 spiro atoms. The van der Waals surface area contributed by atoms with Crippen LogP contribution in [-0.2, 0) is 0 Å². The van der Waals surface area contributed by atoms with Gasteiger partial charge in [0.05, 0.1) is 0 Å². The summed E-state index contributed by atoms with van der Waals surface area (Å²) < 4.78 is 0. The van der Waals surface area contributed by atoms with Gasteiger partial charge in [-0.15, -0.1) is 0 Å². The minimum absolute atomic E-state index is 0.130. The zero-order valence-electron chi connectivity index (χ0n) is 62.0. The smallest absolute Gasteiger partial charge is 0.0149 e. The maximum atomic E-state index is 2.76. The molecule has 36 aromatic carbocycles. The third kappa shape index (κ3) is 4.29. The molecular weight excluding hydrogens is 1390 g/mol. The van der Waals surface area contributed by atoms with E-state index >= 15 is 0 Å². The fourth-order valence-electron chi connectivity index (χ4n) is 32.0. The molecule has 0 radical (unpaired) electrons. The third-order valence-electron chi connectivity index (χ3n) is 34.7. The lowest BCUT2D eigenvalue weighted by atomic mass is 9.59. The van der Waals surface area contributed by atoms with Gasteiger partial charge in [-0.05, 0) is 484 Å². The Kier molecular flexibility index (Phi) is 6.67. The summed E-state index contributed by atoms with van der Waals surface area (Å²) in [6.45, 7) is 4.82. The van der Waals surface area contributed by atoms with Crippen LogP contribution in [0.2, 0.25) is 0 Å². The van der Waals surface area contributed by atoms with Crippen molar-refractivity contribution in [3.05, 3.63) is 226 Å². The van der Waals surface area contributed by atoms with E-state index in [9.17, 15) is 0 Å². The average molecular weight is 1440 g/mol. The first-order chi connectivity index (χ1) is 57.5. The Hall–Kier alpha value is -14.3. The van der Waals surface area contributed by atoms with Gasteiger partial charge in [-0.25, -0.2) is 0 Å². The fraction of sp³-hybridized carbons (Fsp3) is 0.0517. The number of aryl methyl sites for hydroxylation is 2. The Morgan fingerprint density at radius 3 is 0.759 bits per heavy atom. The van der Waals surface area contributed by atoms with E-state index in [1.807, 2.05) is 0 Å². The van der Waals surface area contributed by atoms with Crippen molar-refractivity contribution in [3.63, 3.8) is 0 Å². The Morgan fingerprint density at radius 2 is 0.397 bits per heavy atom. The van der Waals surface area contributed by atoms with Crippen molar-refractivity contribution in [1.82, 2.24) is 0 Å². The zero-order chi connectivity index (χ0) is 72.2. The normalized spacial score (nSPS) is 16.8. The lowest BCUT2D eigenvalue weighted by Gasteiger charge is -2.43. The highest BCUT2D eigenvalue weighted by Gasteiger charge is 2.48. The van der Waals surface area contributed by atoms with Crippen LogP contribution in [0.3, 0.4) is 0 Å².